The van der Waals surface area contributed by atoms with Gasteiger partial charge in [0.1, 0.15) is 0 Å². The number of nitrogens with one attached hydrogen (secondary N) is 1. The van der Waals surface area contributed by atoms with Crippen LogP contribution in [0.2, 0.25) is 0 Å². The van der Waals surface area contributed by atoms with Crippen molar-refractivity contribution in [2.24, 2.45) is 0 Å². The van der Waals surface area contributed by atoms with Crippen molar-refractivity contribution in [3.63, 3.8) is 0 Å². The van der Waals surface area contributed by atoms with Crippen LogP contribution in [0.3, 0.4) is 0 Å². The van der Waals surface area contributed by atoms with E-state index in [-0.39, 0.29) is 6.03 Å². The van der Waals surface area contributed by atoms with Crippen LogP contribution in [0.15, 0.2) is 24.3 Å². The van der Waals surface area contributed by atoms with E-state index in [0.29, 0.717) is 5.37 Å². The highest BCUT2D eigenvalue weighted by Gasteiger charge is 2.22. The van der Waals surface area contributed by atoms with E-state index in [9.17, 15) is 4.79 Å². The molecule has 1 N–H and O–H groups in total. The molecule has 4 nitrogen and oxygen atoms in total. The van der Waals surface area contributed by atoms with Crippen molar-refractivity contribution in [2.75, 3.05) is 38.8 Å². The molecule has 0 radical (unpaired) electrons. The Bertz CT molecular complexity index is 419. The maximum atomic E-state index is 11.5. The predicted octanol–water partition coefficient (Wildman–Crippen LogP) is 2.46. The first kappa shape index (κ1) is 13.2. The van der Waals surface area contributed by atoms with Crippen LogP contribution in [-0.4, -0.2) is 49.3 Å². The summed E-state index contributed by atoms with van der Waals surface area (Å²) in [5.41, 5.74) is 2.13. The number of amides is 2. The van der Waals surface area contributed by atoms with E-state index in [1.165, 1.54) is 16.2 Å². The minimum absolute atomic E-state index is 0.102. The van der Waals surface area contributed by atoms with Gasteiger partial charge in [-0.2, -0.15) is 0 Å². The number of urea groups is 1. The number of carbonyl (C=O) groups is 1. The van der Waals surface area contributed by atoms with Gasteiger partial charge in [-0.3, -0.25) is 4.90 Å². The van der Waals surface area contributed by atoms with Gasteiger partial charge in [0.2, 0.25) is 0 Å². The van der Waals surface area contributed by atoms with Crippen LogP contribution >= 0.6 is 11.8 Å². The molecule has 1 aromatic rings. The van der Waals surface area contributed by atoms with Crippen LogP contribution in [-0.2, 0) is 0 Å². The highest BCUT2D eigenvalue weighted by atomic mass is 32.2. The van der Waals surface area contributed by atoms with E-state index in [4.69, 9.17) is 0 Å². The van der Waals surface area contributed by atoms with Gasteiger partial charge in [0, 0.05) is 32.1 Å². The largest absolute Gasteiger partial charge is 0.331 e. The molecule has 1 fully saturated rings. The van der Waals surface area contributed by atoms with Crippen LogP contribution < -0.4 is 5.32 Å². The third-order valence-electron chi connectivity index (χ3n) is 2.97. The summed E-state index contributed by atoms with van der Waals surface area (Å²) >= 11 is 1.96. The first-order chi connectivity index (χ1) is 8.58. The van der Waals surface area contributed by atoms with Crippen LogP contribution in [0.4, 0.5) is 10.5 Å². The zero-order valence-corrected chi connectivity index (χ0v) is 11.8. The molecule has 18 heavy (non-hydrogen) atoms. The van der Waals surface area contributed by atoms with E-state index in [2.05, 4.69) is 29.4 Å². The van der Waals surface area contributed by atoms with E-state index < -0.39 is 0 Å². The summed E-state index contributed by atoms with van der Waals surface area (Å²) in [6.45, 7) is 1.13. The molecule has 0 saturated carbocycles. The number of nitrogens with zero attached hydrogens (tertiary/aromatic N) is 2. The highest BCUT2D eigenvalue weighted by molar-refractivity contribution is 7.99. The van der Waals surface area contributed by atoms with Gasteiger partial charge in [0.15, 0.2) is 0 Å². The van der Waals surface area contributed by atoms with Gasteiger partial charge in [-0.15, -0.1) is 11.8 Å². The molecule has 1 aliphatic heterocycles. The van der Waals surface area contributed by atoms with Crippen LogP contribution in [0.25, 0.3) is 0 Å². The molecule has 2 rings (SSSR count). The Morgan fingerprint density at radius 3 is 2.56 bits per heavy atom. The highest BCUT2D eigenvalue weighted by Crippen LogP contribution is 2.36. The Balaban J connectivity index is 2.03. The summed E-state index contributed by atoms with van der Waals surface area (Å²) in [7, 11) is 5.61. The molecular weight excluding hydrogens is 246 g/mol. The number of rotatable bonds is 2. The summed E-state index contributed by atoms with van der Waals surface area (Å²) in [5.74, 6) is 1.18. The maximum absolute atomic E-state index is 11.5. The van der Waals surface area contributed by atoms with Crippen molar-refractivity contribution in [3.05, 3.63) is 29.8 Å². The normalized spacial score (nSPS) is 19.8. The molecule has 0 aliphatic carbocycles. The second-order valence-corrected chi connectivity index (χ2v) is 5.84. The standard InChI is InChI=1S/C13H19N3OS/c1-15(2)13(17)14-11-6-4-10(5-7-11)12-16(3)8-9-18-12/h4-7,12H,8-9H2,1-3H3,(H,14,17). The Labute approximate surface area is 112 Å². The van der Waals surface area contributed by atoms with Crippen LogP contribution in [0, 0.1) is 0 Å². The lowest BCUT2D eigenvalue weighted by Crippen LogP contribution is -2.27. The van der Waals surface area contributed by atoms with E-state index in [1.807, 2.05) is 23.9 Å². The van der Waals surface area contributed by atoms with Crippen molar-refractivity contribution in [1.82, 2.24) is 9.80 Å². The molecule has 98 valence electrons. The Morgan fingerprint density at radius 2 is 2.06 bits per heavy atom. The van der Waals surface area contributed by atoms with E-state index in [1.54, 1.807) is 14.1 Å². The van der Waals surface area contributed by atoms with Crippen molar-refractivity contribution in [3.8, 4) is 0 Å². The average molecular weight is 265 g/mol. The van der Waals surface area contributed by atoms with Gasteiger partial charge in [0.05, 0.1) is 5.37 Å². The zero-order valence-electron chi connectivity index (χ0n) is 11.0. The first-order valence-electron chi connectivity index (χ1n) is 5.98. The smallest absolute Gasteiger partial charge is 0.321 e. The summed E-state index contributed by atoms with van der Waals surface area (Å²) in [6.07, 6.45) is 0. The molecule has 1 aromatic carbocycles. The summed E-state index contributed by atoms with van der Waals surface area (Å²) < 4.78 is 0. The molecule has 0 aromatic heterocycles. The van der Waals surface area contributed by atoms with Crippen molar-refractivity contribution < 1.29 is 4.79 Å². The second-order valence-electron chi connectivity index (χ2n) is 4.65. The lowest BCUT2D eigenvalue weighted by atomic mass is 10.2. The predicted molar refractivity (Wildman–Crippen MR) is 77.0 cm³/mol. The zero-order chi connectivity index (χ0) is 13.1. The Kier molecular flexibility index (Phi) is 4.14. The van der Waals surface area contributed by atoms with Gasteiger partial charge in [-0.25, -0.2) is 4.79 Å². The quantitative estimate of drug-likeness (QED) is 0.892. The molecular formula is C13H19N3OS. The first-order valence-corrected chi connectivity index (χ1v) is 7.03. The van der Waals surface area contributed by atoms with Crippen molar-refractivity contribution >= 4 is 23.5 Å². The third kappa shape index (κ3) is 2.97. The molecule has 1 unspecified atom stereocenters. The maximum Gasteiger partial charge on any atom is 0.321 e. The number of hydrogen-bond acceptors (Lipinski definition) is 3. The summed E-state index contributed by atoms with van der Waals surface area (Å²) in [4.78, 5) is 15.4. The summed E-state index contributed by atoms with van der Waals surface area (Å²) in [6, 6.07) is 8.00. The van der Waals surface area contributed by atoms with Crippen LogP contribution in [0.5, 0.6) is 0 Å². The van der Waals surface area contributed by atoms with Gasteiger partial charge < -0.3 is 10.2 Å². The minimum Gasteiger partial charge on any atom is -0.331 e. The van der Waals surface area contributed by atoms with Gasteiger partial charge in [0.25, 0.3) is 0 Å². The molecule has 5 heteroatoms. The lowest BCUT2D eigenvalue weighted by molar-refractivity contribution is 0.230. The third-order valence-corrected chi connectivity index (χ3v) is 4.34. The number of thioether (sulfide) groups is 1. The monoisotopic (exact) mass is 265 g/mol. The minimum atomic E-state index is -0.102. The van der Waals surface area contributed by atoms with Gasteiger partial charge in [-0.1, -0.05) is 12.1 Å². The number of hydrogen-bond donors (Lipinski definition) is 1. The molecule has 0 bridgehead atoms. The second kappa shape index (κ2) is 5.63. The van der Waals surface area contributed by atoms with Crippen molar-refractivity contribution in [2.45, 2.75) is 5.37 Å². The molecule has 1 aliphatic rings. The Hall–Kier alpha value is -1.20. The average Bonchev–Trinajstić information content (AvgIpc) is 2.76. The van der Waals surface area contributed by atoms with Crippen molar-refractivity contribution in [1.29, 1.82) is 0 Å². The number of anilines is 1. The molecule has 2 amide bonds. The molecule has 1 heterocycles. The van der Waals surface area contributed by atoms with Crippen LogP contribution in [0.1, 0.15) is 10.9 Å². The fourth-order valence-electron chi connectivity index (χ4n) is 1.87. The molecule has 1 atom stereocenters. The number of carbonyl (C=O) groups excluding carboxylic acids is 1. The fourth-order valence-corrected chi connectivity index (χ4v) is 3.20. The Morgan fingerprint density at radius 1 is 1.39 bits per heavy atom. The molecule has 0 spiro atoms. The van der Waals surface area contributed by atoms with Gasteiger partial charge >= 0.3 is 6.03 Å². The SMILES string of the molecule is CN(C)C(=O)Nc1ccc(C2SCCN2C)cc1. The van der Waals surface area contributed by atoms with Gasteiger partial charge in [-0.05, 0) is 24.7 Å². The summed E-state index contributed by atoms with van der Waals surface area (Å²) in [5, 5.41) is 3.28. The number of benzene rings is 1. The fraction of sp³-hybridized carbons (Fsp3) is 0.462. The lowest BCUT2D eigenvalue weighted by Gasteiger charge is -2.19. The topological polar surface area (TPSA) is 35.6 Å². The van der Waals surface area contributed by atoms with E-state index >= 15 is 0 Å². The van der Waals surface area contributed by atoms with E-state index in [0.717, 1.165) is 12.2 Å². The molecule has 1 saturated heterocycles.